The average Bonchev–Trinajstić information content (AvgIpc) is 3.15. The van der Waals surface area contributed by atoms with Crippen LogP contribution in [0, 0.1) is 0 Å². The molecule has 1 aliphatic heterocycles. The van der Waals surface area contributed by atoms with Gasteiger partial charge in [-0.05, 0) is 19.1 Å². The molecule has 1 aromatic carbocycles. The van der Waals surface area contributed by atoms with E-state index >= 15 is 0 Å². The summed E-state index contributed by atoms with van der Waals surface area (Å²) in [6, 6.07) is 7.79. The summed E-state index contributed by atoms with van der Waals surface area (Å²) in [6.45, 7) is 4.97. The Balaban J connectivity index is 1.63. The Morgan fingerprint density at radius 3 is 2.61 bits per heavy atom. The Morgan fingerprint density at radius 1 is 1.22 bits per heavy atom. The predicted molar refractivity (Wildman–Crippen MR) is 88.7 cm³/mol. The van der Waals surface area contributed by atoms with Crippen LogP contribution >= 0.6 is 0 Å². The number of carbonyl (C=O) groups is 1. The van der Waals surface area contributed by atoms with Crippen molar-refractivity contribution in [3.05, 3.63) is 43.0 Å². The molecule has 1 unspecified atom stereocenters. The molecule has 0 saturated carbocycles. The van der Waals surface area contributed by atoms with Crippen molar-refractivity contribution in [1.29, 1.82) is 0 Å². The Hall–Kier alpha value is -2.50. The minimum absolute atomic E-state index is 0.141. The van der Waals surface area contributed by atoms with Gasteiger partial charge in [-0.3, -0.25) is 4.79 Å². The number of nitrogens with zero attached hydrogens (tertiary/aromatic N) is 4. The smallest absolute Gasteiger partial charge is 0.245 e. The van der Waals surface area contributed by atoms with E-state index in [4.69, 9.17) is 4.74 Å². The Bertz CT molecular complexity index is 648. The number of hydrogen-bond donors (Lipinski definition) is 0. The van der Waals surface area contributed by atoms with Crippen LogP contribution < -0.4 is 9.64 Å². The molecule has 6 heteroatoms. The molecule has 1 amide bonds. The number of carbonyl (C=O) groups excluding carboxylic acids is 1. The predicted octanol–water partition coefficient (Wildman–Crippen LogP) is 1.80. The van der Waals surface area contributed by atoms with Gasteiger partial charge in [0.15, 0.2) is 0 Å². The van der Waals surface area contributed by atoms with Gasteiger partial charge in [0.1, 0.15) is 11.8 Å². The van der Waals surface area contributed by atoms with Gasteiger partial charge in [0.2, 0.25) is 5.91 Å². The van der Waals surface area contributed by atoms with Gasteiger partial charge in [0.25, 0.3) is 0 Å². The maximum atomic E-state index is 12.6. The third-order valence-corrected chi connectivity index (χ3v) is 4.35. The lowest BCUT2D eigenvalue weighted by atomic mass is 10.2. The van der Waals surface area contributed by atoms with Crippen molar-refractivity contribution < 1.29 is 9.53 Å². The molecule has 0 spiro atoms. The summed E-state index contributed by atoms with van der Waals surface area (Å²) in [4.78, 5) is 20.8. The van der Waals surface area contributed by atoms with Gasteiger partial charge >= 0.3 is 0 Å². The van der Waals surface area contributed by atoms with E-state index in [-0.39, 0.29) is 11.9 Å². The number of rotatable bonds is 4. The zero-order chi connectivity index (χ0) is 16.2. The van der Waals surface area contributed by atoms with Crippen molar-refractivity contribution in [3.63, 3.8) is 0 Å². The lowest BCUT2D eigenvalue weighted by molar-refractivity contribution is -0.134. The first kappa shape index (κ1) is 15.4. The molecule has 3 rings (SSSR count). The molecule has 1 saturated heterocycles. The van der Waals surface area contributed by atoms with Crippen molar-refractivity contribution in [3.8, 4) is 5.75 Å². The summed E-state index contributed by atoms with van der Waals surface area (Å²) in [6.07, 6.45) is 5.21. The molecule has 122 valence electrons. The molecular formula is C17H22N4O2. The number of hydrogen-bond acceptors (Lipinski definition) is 4. The highest BCUT2D eigenvalue weighted by Crippen LogP contribution is 2.28. The highest BCUT2D eigenvalue weighted by molar-refractivity contribution is 5.80. The summed E-state index contributed by atoms with van der Waals surface area (Å²) in [5.74, 6) is 1.02. The maximum absolute atomic E-state index is 12.6. The lowest BCUT2D eigenvalue weighted by Crippen LogP contribution is -2.50. The summed E-state index contributed by atoms with van der Waals surface area (Å²) in [7, 11) is 1.69. The van der Waals surface area contributed by atoms with E-state index in [2.05, 4.69) is 16.0 Å². The first-order valence-electron chi connectivity index (χ1n) is 7.85. The molecule has 2 aromatic rings. The van der Waals surface area contributed by atoms with E-state index in [1.165, 1.54) is 0 Å². The number of para-hydroxylation sites is 2. The summed E-state index contributed by atoms with van der Waals surface area (Å²) >= 11 is 0. The van der Waals surface area contributed by atoms with E-state index in [1.54, 1.807) is 19.6 Å². The Morgan fingerprint density at radius 2 is 1.96 bits per heavy atom. The van der Waals surface area contributed by atoms with Crippen LogP contribution in [0.1, 0.15) is 13.0 Å². The van der Waals surface area contributed by atoms with Crippen LogP contribution in [-0.2, 0) is 4.79 Å². The maximum Gasteiger partial charge on any atom is 0.245 e. The van der Waals surface area contributed by atoms with E-state index in [1.807, 2.05) is 40.8 Å². The SMILES string of the molecule is COc1ccccc1N1CCN(C(=O)C(C)n2ccnc2)CC1. The van der Waals surface area contributed by atoms with Gasteiger partial charge in [-0.1, -0.05) is 12.1 Å². The fourth-order valence-corrected chi connectivity index (χ4v) is 2.95. The van der Waals surface area contributed by atoms with Crippen LogP contribution in [0.5, 0.6) is 5.75 Å². The average molecular weight is 314 g/mol. The van der Waals surface area contributed by atoms with Crippen LogP contribution in [0.15, 0.2) is 43.0 Å². The molecular weight excluding hydrogens is 292 g/mol. The molecule has 1 aliphatic rings. The van der Waals surface area contributed by atoms with Crippen molar-refractivity contribution >= 4 is 11.6 Å². The van der Waals surface area contributed by atoms with E-state index in [0.717, 1.165) is 37.6 Å². The largest absolute Gasteiger partial charge is 0.495 e. The van der Waals surface area contributed by atoms with Gasteiger partial charge < -0.3 is 19.1 Å². The number of anilines is 1. The summed E-state index contributed by atoms with van der Waals surface area (Å²) in [5.41, 5.74) is 1.09. The minimum atomic E-state index is -0.213. The zero-order valence-electron chi connectivity index (χ0n) is 13.6. The molecule has 0 bridgehead atoms. The van der Waals surface area contributed by atoms with Crippen molar-refractivity contribution in [2.75, 3.05) is 38.2 Å². The quantitative estimate of drug-likeness (QED) is 0.863. The van der Waals surface area contributed by atoms with Crippen molar-refractivity contribution in [1.82, 2.24) is 14.5 Å². The van der Waals surface area contributed by atoms with Gasteiger partial charge in [-0.2, -0.15) is 0 Å². The second kappa shape index (κ2) is 6.73. The van der Waals surface area contributed by atoms with E-state index in [9.17, 15) is 4.79 Å². The highest BCUT2D eigenvalue weighted by atomic mass is 16.5. The molecule has 23 heavy (non-hydrogen) atoms. The second-order valence-corrected chi connectivity index (χ2v) is 5.67. The number of piperazine rings is 1. The third kappa shape index (κ3) is 3.16. The molecule has 1 fully saturated rings. The standard InChI is InChI=1S/C17H22N4O2/c1-14(21-8-7-18-13-21)17(22)20-11-9-19(10-12-20)15-5-3-4-6-16(15)23-2/h3-8,13-14H,9-12H2,1-2H3. The monoisotopic (exact) mass is 314 g/mol. The number of imidazole rings is 1. The summed E-state index contributed by atoms with van der Waals surface area (Å²) in [5, 5.41) is 0. The van der Waals surface area contributed by atoms with Gasteiger partial charge in [-0.25, -0.2) is 4.98 Å². The molecule has 0 radical (unpaired) electrons. The van der Waals surface area contributed by atoms with Crippen LogP contribution in [0.3, 0.4) is 0 Å². The van der Waals surface area contributed by atoms with Gasteiger partial charge in [-0.15, -0.1) is 0 Å². The Kier molecular flexibility index (Phi) is 4.50. The van der Waals surface area contributed by atoms with Crippen LogP contribution in [0.25, 0.3) is 0 Å². The van der Waals surface area contributed by atoms with Crippen LogP contribution in [-0.4, -0.2) is 53.6 Å². The fraction of sp³-hybridized carbons (Fsp3) is 0.412. The molecule has 1 aromatic heterocycles. The van der Waals surface area contributed by atoms with Gasteiger partial charge in [0, 0.05) is 38.6 Å². The first-order valence-corrected chi connectivity index (χ1v) is 7.85. The van der Waals surface area contributed by atoms with Crippen molar-refractivity contribution in [2.45, 2.75) is 13.0 Å². The fourth-order valence-electron chi connectivity index (χ4n) is 2.95. The van der Waals surface area contributed by atoms with Crippen LogP contribution in [0.2, 0.25) is 0 Å². The number of amides is 1. The van der Waals surface area contributed by atoms with E-state index < -0.39 is 0 Å². The van der Waals surface area contributed by atoms with Gasteiger partial charge in [0.05, 0.1) is 19.1 Å². The molecule has 0 aliphatic carbocycles. The molecule has 1 atom stereocenters. The highest BCUT2D eigenvalue weighted by Gasteiger charge is 2.26. The topological polar surface area (TPSA) is 50.6 Å². The van der Waals surface area contributed by atoms with Crippen LogP contribution in [0.4, 0.5) is 5.69 Å². The number of benzene rings is 1. The van der Waals surface area contributed by atoms with Crippen molar-refractivity contribution in [2.24, 2.45) is 0 Å². The third-order valence-electron chi connectivity index (χ3n) is 4.35. The first-order chi connectivity index (χ1) is 11.2. The number of aromatic nitrogens is 2. The number of ether oxygens (including phenoxy) is 1. The lowest BCUT2D eigenvalue weighted by Gasteiger charge is -2.37. The second-order valence-electron chi connectivity index (χ2n) is 5.67. The molecule has 0 N–H and O–H groups in total. The zero-order valence-corrected chi connectivity index (χ0v) is 13.6. The summed E-state index contributed by atoms with van der Waals surface area (Å²) < 4.78 is 7.27. The minimum Gasteiger partial charge on any atom is -0.495 e. The normalized spacial score (nSPS) is 16.3. The Labute approximate surface area is 136 Å². The van der Waals surface area contributed by atoms with E-state index in [0.29, 0.717) is 0 Å². The molecule has 6 nitrogen and oxygen atoms in total. The molecule has 2 heterocycles. The number of methoxy groups -OCH3 is 1.